The van der Waals surface area contributed by atoms with Crippen molar-refractivity contribution in [2.45, 2.75) is 19.1 Å². The van der Waals surface area contributed by atoms with Gasteiger partial charge in [0.1, 0.15) is 12.4 Å². The largest absolute Gasteiger partial charge is 0.473 e. The van der Waals surface area contributed by atoms with Gasteiger partial charge in [0.15, 0.2) is 0 Å². The van der Waals surface area contributed by atoms with E-state index in [9.17, 15) is 14.3 Å². The normalized spacial score (nSPS) is 11.8. The zero-order chi connectivity index (χ0) is 17.5. The Morgan fingerprint density at radius 2 is 2.17 bits per heavy atom. The summed E-state index contributed by atoms with van der Waals surface area (Å²) in [7, 11) is 0. The second-order valence-corrected chi connectivity index (χ2v) is 5.33. The minimum Gasteiger partial charge on any atom is -0.473 e. The van der Waals surface area contributed by atoms with Crippen LogP contribution in [0.3, 0.4) is 0 Å². The number of amides is 1. The Kier molecular flexibility index (Phi) is 6.34. The van der Waals surface area contributed by atoms with Crippen molar-refractivity contribution in [1.29, 1.82) is 0 Å². The van der Waals surface area contributed by atoms with Gasteiger partial charge >= 0.3 is 6.09 Å². The van der Waals surface area contributed by atoms with Crippen LogP contribution in [0.15, 0.2) is 36.4 Å². The van der Waals surface area contributed by atoms with E-state index in [1.165, 1.54) is 12.1 Å². The number of ether oxygens (including phenoxy) is 2. The summed E-state index contributed by atoms with van der Waals surface area (Å²) in [6.07, 6.45) is -1.71. The van der Waals surface area contributed by atoms with Gasteiger partial charge in [0.25, 0.3) is 0 Å². The summed E-state index contributed by atoms with van der Waals surface area (Å²) in [5, 5.41) is 10.3. The summed E-state index contributed by atoms with van der Waals surface area (Å²) < 4.78 is 23.7. The number of hydrogen-bond acceptors (Lipinski definition) is 5. The van der Waals surface area contributed by atoms with Crippen LogP contribution in [0.4, 0.5) is 9.18 Å². The number of pyridine rings is 1. The van der Waals surface area contributed by atoms with E-state index in [0.717, 1.165) is 0 Å². The fraction of sp³-hybridized carbons (Fsp3) is 0.250. The molecule has 2 aromatic rings. The fourth-order valence-electron chi connectivity index (χ4n) is 1.91. The first-order chi connectivity index (χ1) is 11.5. The van der Waals surface area contributed by atoms with E-state index in [1.54, 1.807) is 24.3 Å². The van der Waals surface area contributed by atoms with Gasteiger partial charge < -0.3 is 20.3 Å². The Balaban J connectivity index is 1.95. The lowest BCUT2D eigenvalue weighted by molar-refractivity contribution is 0.108. The van der Waals surface area contributed by atoms with Crippen molar-refractivity contribution < 1.29 is 23.8 Å². The van der Waals surface area contributed by atoms with Gasteiger partial charge in [-0.15, -0.1) is 0 Å². The van der Waals surface area contributed by atoms with Crippen molar-refractivity contribution in [3.8, 4) is 5.88 Å². The third-order valence-electron chi connectivity index (χ3n) is 3.11. The number of aromatic nitrogens is 1. The maximum atomic E-state index is 13.7. The minimum absolute atomic E-state index is 0.0274. The lowest BCUT2D eigenvalue weighted by Gasteiger charge is -2.12. The average molecular weight is 355 g/mol. The van der Waals surface area contributed by atoms with Crippen LogP contribution in [0.25, 0.3) is 0 Å². The summed E-state index contributed by atoms with van der Waals surface area (Å²) in [5.41, 5.74) is 5.52. The number of aliphatic hydroxyl groups is 1. The van der Waals surface area contributed by atoms with Crippen LogP contribution >= 0.6 is 11.6 Å². The lowest BCUT2D eigenvalue weighted by Crippen LogP contribution is -2.15. The van der Waals surface area contributed by atoms with Crippen molar-refractivity contribution in [2.75, 3.05) is 6.61 Å². The standard InChI is InChI=1S/C16H16ClFN2O4/c17-11-5-4-10(12(18)8-11)9-24-15-3-1-2-13(20-15)14(21)6-7-23-16(19)22/h1-5,8,14,21H,6-7,9H2,(H2,19,22). The van der Waals surface area contributed by atoms with Gasteiger partial charge in [0, 0.05) is 23.1 Å². The molecule has 1 unspecified atom stereocenters. The summed E-state index contributed by atoms with van der Waals surface area (Å²) >= 11 is 5.69. The molecule has 0 saturated carbocycles. The zero-order valence-electron chi connectivity index (χ0n) is 12.6. The van der Waals surface area contributed by atoms with Gasteiger partial charge in [-0.05, 0) is 18.2 Å². The number of nitrogens with zero attached hydrogens (tertiary/aromatic N) is 1. The van der Waals surface area contributed by atoms with Gasteiger partial charge in [-0.3, -0.25) is 0 Å². The Hall–Kier alpha value is -2.38. The van der Waals surface area contributed by atoms with E-state index in [0.29, 0.717) is 16.3 Å². The van der Waals surface area contributed by atoms with Crippen LogP contribution < -0.4 is 10.5 Å². The molecule has 0 radical (unpaired) electrons. The second kappa shape index (κ2) is 8.47. The molecule has 1 heterocycles. The first kappa shape index (κ1) is 18.0. The highest BCUT2D eigenvalue weighted by atomic mass is 35.5. The molecule has 1 atom stereocenters. The summed E-state index contributed by atoms with van der Waals surface area (Å²) in [4.78, 5) is 14.6. The van der Waals surface area contributed by atoms with Gasteiger partial charge in [0.2, 0.25) is 5.88 Å². The summed E-state index contributed by atoms with van der Waals surface area (Å²) in [6.45, 7) is -0.0560. The molecule has 128 valence electrons. The third-order valence-corrected chi connectivity index (χ3v) is 3.35. The second-order valence-electron chi connectivity index (χ2n) is 4.90. The Morgan fingerprint density at radius 1 is 1.38 bits per heavy atom. The van der Waals surface area contributed by atoms with E-state index in [2.05, 4.69) is 9.72 Å². The number of hydrogen-bond donors (Lipinski definition) is 2. The van der Waals surface area contributed by atoms with Crippen LogP contribution in [-0.4, -0.2) is 22.8 Å². The van der Waals surface area contributed by atoms with E-state index in [-0.39, 0.29) is 25.5 Å². The van der Waals surface area contributed by atoms with Crippen molar-refractivity contribution in [3.05, 3.63) is 58.5 Å². The maximum Gasteiger partial charge on any atom is 0.404 e. The number of primary amides is 1. The van der Waals surface area contributed by atoms with Crippen molar-refractivity contribution in [2.24, 2.45) is 5.73 Å². The SMILES string of the molecule is NC(=O)OCCC(O)c1cccc(OCc2ccc(Cl)cc2F)n1. The lowest BCUT2D eigenvalue weighted by atomic mass is 10.2. The molecule has 8 heteroatoms. The molecule has 24 heavy (non-hydrogen) atoms. The Labute approximate surface area is 143 Å². The number of carbonyl (C=O) groups is 1. The van der Waals surface area contributed by atoms with Crippen LogP contribution in [0.2, 0.25) is 5.02 Å². The first-order valence-corrected chi connectivity index (χ1v) is 7.47. The van der Waals surface area contributed by atoms with E-state index >= 15 is 0 Å². The molecule has 0 saturated heterocycles. The Morgan fingerprint density at radius 3 is 2.88 bits per heavy atom. The molecule has 3 N–H and O–H groups in total. The number of benzene rings is 1. The molecule has 1 aromatic heterocycles. The van der Waals surface area contributed by atoms with Crippen LogP contribution in [0.1, 0.15) is 23.8 Å². The summed E-state index contributed by atoms with van der Waals surface area (Å²) in [6, 6.07) is 9.13. The molecular weight excluding hydrogens is 339 g/mol. The molecule has 0 aliphatic carbocycles. The molecule has 2 rings (SSSR count). The van der Waals surface area contributed by atoms with Gasteiger partial charge in [-0.1, -0.05) is 23.7 Å². The van der Waals surface area contributed by atoms with E-state index in [1.807, 2.05) is 0 Å². The zero-order valence-corrected chi connectivity index (χ0v) is 13.4. The van der Waals surface area contributed by atoms with Crippen LogP contribution in [0, 0.1) is 5.82 Å². The van der Waals surface area contributed by atoms with Gasteiger partial charge in [-0.25, -0.2) is 14.2 Å². The third kappa shape index (κ3) is 5.36. The number of rotatable bonds is 7. The number of nitrogens with two attached hydrogens (primary N) is 1. The number of aliphatic hydroxyl groups excluding tert-OH is 1. The quantitative estimate of drug-likeness (QED) is 0.797. The highest BCUT2D eigenvalue weighted by Crippen LogP contribution is 2.20. The van der Waals surface area contributed by atoms with Crippen molar-refractivity contribution >= 4 is 17.7 Å². The van der Waals surface area contributed by atoms with E-state index < -0.39 is 18.0 Å². The Bertz CT molecular complexity index is 714. The number of carbonyl (C=O) groups excluding carboxylic acids is 1. The summed E-state index contributed by atoms with van der Waals surface area (Å²) in [5.74, 6) is -0.237. The molecule has 0 fully saturated rings. The first-order valence-electron chi connectivity index (χ1n) is 7.09. The topological polar surface area (TPSA) is 94.7 Å². The molecule has 0 spiro atoms. The molecular formula is C16H16ClFN2O4. The molecule has 6 nitrogen and oxygen atoms in total. The van der Waals surface area contributed by atoms with Crippen LogP contribution in [0.5, 0.6) is 5.88 Å². The van der Waals surface area contributed by atoms with Crippen molar-refractivity contribution in [3.63, 3.8) is 0 Å². The smallest absolute Gasteiger partial charge is 0.404 e. The minimum atomic E-state index is -0.944. The molecule has 1 aromatic carbocycles. The fourth-order valence-corrected chi connectivity index (χ4v) is 2.07. The number of halogens is 2. The van der Waals surface area contributed by atoms with Crippen molar-refractivity contribution in [1.82, 2.24) is 4.98 Å². The monoisotopic (exact) mass is 354 g/mol. The molecule has 0 aliphatic heterocycles. The average Bonchev–Trinajstić information content (AvgIpc) is 2.54. The van der Waals surface area contributed by atoms with E-state index in [4.69, 9.17) is 22.1 Å². The van der Waals surface area contributed by atoms with Gasteiger partial charge in [-0.2, -0.15) is 0 Å². The predicted molar refractivity (Wildman–Crippen MR) is 85.1 cm³/mol. The molecule has 1 amide bonds. The molecule has 0 aliphatic rings. The molecule has 0 bridgehead atoms. The predicted octanol–water partition coefficient (Wildman–Crippen LogP) is 2.97. The maximum absolute atomic E-state index is 13.7. The van der Waals surface area contributed by atoms with Crippen LogP contribution in [-0.2, 0) is 11.3 Å². The van der Waals surface area contributed by atoms with Gasteiger partial charge in [0.05, 0.1) is 18.4 Å². The highest BCUT2D eigenvalue weighted by molar-refractivity contribution is 6.30. The highest BCUT2D eigenvalue weighted by Gasteiger charge is 2.11.